The summed E-state index contributed by atoms with van der Waals surface area (Å²) in [4.78, 5) is 4.15. The number of nitrogens with one attached hydrogen (secondary N) is 1. The predicted molar refractivity (Wildman–Crippen MR) is 70.6 cm³/mol. The fraction of sp³-hybridized carbons (Fsp3) is 0.545. The maximum atomic E-state index is 5.17. The first-order valence-corrected chi connectivity index (χ1v) is 6.65. The molecule has 0 aromatic carbocycles. The Bertz CT molecular complexity index is 281. The Balaban J connectivity index is 2.30. The van der Waals surface area contributed by atoms with Crippen molar-refractivity contribution in [3.63, 3.8) is 0 Å². The number of methoxy groups -OCH3 is 1. The number of halogens is 1. The van der Waals surface area contributed by atoms with Gasteiger partial charge in [-0.25, -0.2) is 4.98 Å². The smallest absolute Gasteiger partial charge is 0.217 e. The van der Waals surface area contributed by atoms with Crippen molar-refractivity contribution in [2.24, 2.45) is 0 Å². The molecule has 0 saturated carbocycles. The van der Waals surface area contributed by atoms with Gasteiger partial charge in [-0.15, -0.1) is 0 Å². The SMILES string of the molecule is COc1ncccc1CNCCCCI. The maximum Gasteiger partial charge on any atom is 0.217 e. The van der Waals surface area contributed by atoms with Gasteiger partial charge in [-0.3, -0.25) is 0 Å². The van der Waals surface area contributed by atoms with Crippen LogP contribution in [0.15, 0.2) is 18.3 Å². The Hall–Kier alpha value is -0.360. The average Bonchev–Trinajstić information content (AvgIpc) is 2.29. The summed E-state index contributed by atoms with van der Waals surface area (Å²) in [6.07, 6.45) is 4.25. The van der Waals surface area contributed by atoms with Crippen LogP contribution in [0, 0.1) is 0 Å². The molecule has 1 N–H and O–H groups in total. The quantitative estimate of drug-likeness (QED) is 0.476. The minimum absolute atomic E-state index is 0.721. The van der Waals surface area contributed by atoms with E-state index < -0.39 is 0 Å². The number of rotatable bonds is 7. The van der Waals surface area contributed by atoms with Gasteiger partial charge in [0.1, 0.15) is 0 Å². The summed E-state index contributed by atoms with van der Waals surface area (Å²) in [7, 11) is 1.65. The Morgan fingerprint density at radius 3 is 3.07 bits per heavy atom. The van der Waals surface area contributed by atoms with Crippen LogP contribution in [0.25, 0.3) is 0 Å². The second-order valence-electron chi connectivity index (χ2n) is 3.24. The topological polar surface area (TPSA) is 34.1 Å². The molecule has 0 aliphatic rings. The van der Waals surface area contributed by atoms with E-state index in [9.17, 15) is 0 Å². The number of hydrogen-bond acceptors (Lipinski definition) is 3. The molecule has 0 saturated heterocycles. The van der Waals surface area contributed by atoms with Crippen molar-refractivity contribution in [2.45, 2.75) is 19.4 Å². The van der Waals surface area contributed by atoms with Gasteiger partial charge in [-0.1, -0.05) is 28.7 Å². The van der Waals surface area contributed by atoms with Crippen LogP contribution in [0.1, 0.15) is 18.4 Å². The lowest BCUT2D eigenvalue weighted by Crippen LogP contribution is -2.15. The summed E-state index contributed by atoms with van der Waals surface area (Å²) in [6.45, 7) is 1.89. The first-order chi connectivity index (χ1) is 7.38. The summed E-state index contributed by atoms with van der Waals surface area (Å²) in [5.41, 5.74) is 1.12. The lowest BCUT2D eigenvalue weighted by Gasteiger charge is -2.07. The Morgan fingerprint density at radius 2 is 2.33 bits per heavy atom. The number of nitrogens with zero attached hydrogens (tertiary/aromatic N) is 1. The number of unbranched alkanes of at least 4 members (excludes halogenated alkanes) is 1. The molecule has 0 aliphatic carbocycles. The molecule has 0 spiro atoms. The van der Waals surface area contributed by atoms with Crippen LogP contribution in [-0.2, 0) is 6.54 Å². The largest absolute Gasteiger partial charge is 0.481 e. The molecule has 15 heavy (non-hydrogen) atoms. The highest BCUT2D eigenvalue weighted by Crippen LogP contribution is 2.12. The van der Waals surface area contributed by atoms with Crippen molar-refractivity contribution < 1.29 is 4.74 Å². The van der Waals surface area contributed by atoms with Crippen LogP contribution in [-0.4, -0.2) is 23.1 Å². The zero-order valence-corrected chi connectivity index (χ0v) is 11.2. The molecular formula is C11H17IN2O. The summed E-state index contributed by atoms with van der Waals surface area (Å²) < 4.78 is 6.40. The molecule has 0 radical (unpaired) electrons. The van der Waals surface area contributed by atoms with Gasteiger partial charge in [-0.2, -0.15) is 0 Å². The molecule has 3 nitrogen and oxygen atoms in total. The molecular weight excluding hydrogens is 303 g/mol. The second kappa shape index (κ2) is 7.87. The number of aromatic nitrogens is 1. The van der Waals surface area contributed by atoms with E-state index in [0.29, 0.717) is 0 Å². The van der Waals surface area contributed by atoms with E-state index in [0.717, 1.165) is 24.5 Å². The van der Waals surface area contributed by atoms with Crippen molar-refractivity contribution in [3.05, 3.63) is 23.9 Å². The highest BCUT2D eigenvalue weighted by molar-refractivity contribution is 14.1. The van der Waals surface area contributed by atoms with Crippen LogP contribution in [0.2, 0.25) is 0 Å². The summed E-state index contributed by atoms with van der Waals surface area (Å²) in [5.74, 6) is 0.721. The molecule has 1 rings (SSSR count). The highest BCUT2D eigenvalue weighted by atomic mass is 127. The van der Waals surface area contributed by atoms with Gasteiger partial charge in [0.05, 0.1) is 7.11 Å². The van der Waals surface area contributed by atoms with Gasteiger partial charge in [0.15, 0.2) is 0 Å². The van der Waals surface area contributed by atoms with E-state index in [1.807, 2.05) is 12.1 Å². The standard InChI is InChI=1S/C11H17IN2O/c1-15-11-10(5-4-8-14-11)9-13-7-3-2-6-12/h4-5,8,13H,2-3,6-7,9H2,1H3. The van der Waals surface area contributed by atoms with Gasteiger partial charge < -0.3 is 10.1 Å². The van der Waals surface area contributed by atoms with Crippen LogP contribution < -0.4 is 10.1 Å². The predicted octanol–water partition coefficient (Wildman–Crippen LogP) is 2.40. The maximum absolute atomic E-state index is 5.17. The Morgan fingerprint density at radius 1 is 1.47 bits per heavy atom. The minimum atomic E-state index is 0.721. The molecule has 4 heteroatoms. The first-order valence-electron chi connectivity index (χ1n) is 5.13. The molecule has 1 aromatic rings. The molecule has 1 heterocycles. The molecule has 0 unspecified atom stereocenters. The zero-order chi connectivity index (χ0) is 10.9. The van der Waals surface area contributed by atoms with E-state index in [-0.39, 0.29) is 0 Å². The summed E-state index contributed by atoms with van der Waals surface area (Å²) >= 11 is 2.40. The molecule has 0 atom stereocenters. The van der Waals surface area contributed by atoms with Crippen molar-refractivity contribution in [3.8, 4) is 5.88 Å². The van der Waals surface area contributed by atoms with Crippen LogP contribution >= 0.6 is 22.6 Å². The number of ether oxygens (including phenoxy) is 1. The van der Waals surface area contributed by atoms with Crippen LogP contribution in [0.3, 0.4) is 0 Å². The summed E-state index contributed by atoms with van der Waals surface area (Å²) in [6, 6.07) is 3.97. The zero-order valence-electron chi connectivity index (χ0n) is 9.00. The van der Waals surface area contributed by atoms with Gasteiger partial charge in [0.25, 0.3) is 0 Å². The third-order valence-corrected chi connectivity index (χ3v) is 2.86. The van der Waals surface area contributed by atoms with Gasteiger partial charge in [0, 0.05) is 18.3 Å². The van der Waals surface area contributed by atoms with Gasteiger partial charge >= 0.3 is 0 Å². The van der Waals surface area contributed by atoms with Gasteiger partial charge in [0.2, 0.25) is 5.88 Å². The molecule has 84 valence electrons. The van der Waals surface area contributed by atoms with Gasteiger partial charge in [-0.05, 0) is 29.9 Å². The molecule has 0 bridgehead atoms. The normalized spacial score (nSPS) is 10.3. The Labute approximate surface area is 105 Å². The number of pyridine rings is 1. The lowest BCUT2D eigenvalue weighted by molar-refractivity contribution is 0.390. The molecule has 0 aliphatic heterocycles. The average molecular weight is 320 g/mol. The van der Waals surface area contributed by atoms with Crippen molar-refractivity contribution in [1.82, 2.24) is 10.3 Å². The van der Waals surface area contributed by atoms with E-state index in [4.69, 9.17) is 4.74 Å². The van der Waals surface area contributed by atoms with Crippen LogP contribution in [0.5, 0.6) is 5.88 Å². The monoisotopic (exact) mass is 320 g/mol. The third-order valence-electron chi connectivity index (χ3n) is 2.10. The second-order valence-corrected chi connectivity index (χ2v) is 4.32. The fourth-order valence-electron chi connectivity index (χ4n) is 1.31. The van der Waals surface area contributed by atoms with E-state index in [1.54, 1.807) is 13.3 Å². The third kappa shape index (κ3) is 4.79. The molecule has 0 amide bonds. The van der Waals surface area contributed by atoms with Crippen molar-refractivity contribution in [1.29, 1.82) is 0 Å². The number of hydrogen-bond donors (Lipinski definition) is 1. The summed E-state index contributed by atoms with van der Waals surface area (Å²) in [5, 5.41) is 3.39. The first kappa shape index (κ1) is 12.7. The molecule has 0 fully saturated rings. The van der Waals surface area contributed by atoms with Crippen LogP contribution in [0.4, 0.5) is 0 Å². The van der Waals surface area contributed by atoms with E-state index in [2.05, 4.69) is 32.9 Å². The van der Waals surface area contributed by atoms with E-state index in [1.165, 1.54) is 17.3 Å². The fourth-order valence-corrected chi connectivity index (χ4v) is 1.85. The minimum Gasteiger partial charge on any atom is -0.481 e. The Kier molecular flexibility index (Phi) is 6.67. The van der Waals surface area contributed by atoms with E-state index >= 15 is 0 Å². The lowest BCUT2D eigenvalue weighted by atomic mass is 10.2. The number of alkyl halides is 1. The van der Waals surface area contributed by atoms with Crippen molar-refractivity contribution in [2.75, 3.05) is 18.1 Å². The van der Waals surface area contributed by atoms with Crippen molar-refractivity contribution >= 4 is 22.6 Å². The highest BCUT2D eigenvalue weighted by Gasteiger charge is 2.01. The molecule has 1 aromatic heterocycles.